The van der Waals surface area contributed by atoms with Crippen molar-refractivity contribution in [1.82, 2.24) is 0 Å². The number of nitrogens with two attached hydrogens (primary N) is 1. The summed E-state index contributed by atoms with van der Waals surface area (Å²) in [5, 5.41) is -0.0697. The molecule has 0 spiro atoms. The molecule has 0 atom stereocenters. The normalized spacial score (nSPS) is 15.0. The molecule has 1 aliphatic rings. The number of fused-ring (bicyclic) bond motifs is 1. The lowest BCUT2D eigenvalue weighted by atomic mass is 10.1. The van der Waals surface area contributed by atoms with Crippen molar-refractivity contribution in [1.29, 1.82) is 0 Å². The summed E-state index contributed by atoms with van der Waals surface area (Å²) in [6, 6.07) is 2.51. The lowest BCUT2D eigenvalue weighted by molar-refractivity contribution is 0.00558. The van der Waals surface area contributed by atoms with Gasteiger partial charge in [-0.1, -0.05) is 11.6 Å². The summed E-state index contributed by atoms with van der Waals surface area (Å²) in [4.78, 5) is 0. The van der Waals surface area contributed by atoms with Crippen LogP contribution in [0.2, 0.25) is 5.02 Å². The molecule has 0 fully saturated rings. The van der Waals surface area contributed by atoms with Crippen LogP contribution in [0.15, 0.2) is 12.1 Å². The summed E-state index contributed by atoms with van der Waals surface area (Å²) >= 11 is 5.75. The maximum Gasteiger partial charge on any atom is 0.286 e. The average molecular weight is 250 g/mol. The number of hydrogen-bond donors (Lipinski definition) is 1. The molecule has 0 saturated heterocycles. The summed E-state index contributed by atoms with van der Waals surface area (Å²) in [6.45, 7) is -0.0788. The van der Waals surface area contributed by atoms with E-state index in [-0.39, 0.29) is 16.3 Å². The van der Waals surface area contributed by atoms with Crippen molar-refractivity contribution in [3.8, 4) is 11.5 Å². The van der Waals surface area contributed by atoms with Crippen LogP contribution >= 0.6 is 11.6 Å². The molecule has 1 aromatic rings. The third-order valence-corrected chi connectivity index (χ3v) is 2.59. The van der Waals surface area contributed by atoms with E-state index in [0.717, 1.165) is 0 Å². The Hall–Kier alpha value is -1.07. The topological polar surface area (TPSA) is 44.5 Å². The Labute approximate surface area is 96.1 Å². The van der Waals surface area contributed by atoms with E-state index in [2.05, 4.69) is 0 Å². The third kappa shape index (κ3) is 1.92. The van der Waals surface area contributed by atoms with Crippen molar-refractivity contribution in [3.63, 3.8) is 0 Å². The minimum Gasteiger partial charge on any atom is -0.486 e. The predicted octanol–water partition coefficient (Wildman–Crippen LogP) is 2.16. The summed E-state index contributed by atoms with van der Waals surface area (Å²) < 4.78 is 37.2. The molecular weight excluding hydrogens is 240 g/mol. The highest BCUT2D eigenvalue weighted by molar-refractivity contribution is 6.31. The van der Waals surface area contributed by atoms with Gasteiger partial charge < -0.3 is 15.2 Å². The van der Waals surface area contributed by atoms with Crippen LogP contribution < -0.4 is 15.2 Å². The first-order valence-electron chi connectivity index (χ1n) is 4.72. The largest absolute Gasteiger partial charge is 0.486 e. The SMILES string of the molecule is NCC(F)(F)c1cc2c(cc1Cl)OCCO2. The third-order valence-electron chi connectivity index (χ3n) is 2.28. The van der Waals surface area contributed by atoms with Crippen LogP contribution in [0.1, 0.15) is 5.56 Å². The molecule has 0 aromatic heterocycles. The van der Waals surface area contributed by atoms with Crippen LogP contribution in [-0.4, -0.2) is 19.8 Å². The summed E-state index contributed by atoms with van der Waals surface area (Å²) in [5.74, 6) is -2.50. The molecule has 2 rings (SSSR count). The number of ether oxygens (including phenoxy) is 2. The van der Waals surface area contributed by atoms with Gasteiger partial charge in [-0.25, -0.2) is 0 Å². The van der Waals surface area contributed by atoms with E-state index in [1.165, 1.54) is 12.1 Å². The van der Waals surface area contributed by atoms with E-state index in [4.69, 9.17) is 26.8 Å². The fourth-order valence-electron chi connectivity index (χ4n) is 1.45. The highest BCUT2D eigenvalue weighted by Gasteiger charge is 2.33. The first kappa shape index (κ1) is 11.4. The van der Waals surface area contributed by atoms with Crippen molar-refractivity contribution in [3.05, 3.63) is 22.7 Å². The molecule has 2 N–H and O–H groups in total. The van der Waals surface area contributed by atoms with Gasteiger partial charge in [-0.3, -0.25) is 0 Å². The number of rotatable bonds is 2. The Kier molecular flexibility index (Phi) is 2.90. The molecule has 16 heavy (non-hydrogen) atoms. The van der Waals surface area contributed by atoms with Crippen LogP contribution in [0.5, 0.6) is 11.5 Å². The van der Waals surface area contributed by atoms with Gasteiger partial charge in [0.05, 0.1) is 11.6 Å². The molecule has 88 valence electrons. The molecule has 6 heteroatoms. The van der Waals surface area contributed by atoms with Gasteiger partial charge in [-0.2, -0.15) is 8.78 Å². The second kappa shape index (κ2) is 4.07. The number of halogens is 3. The van der Waals surface area contributed by atoms with Gasteiger partial charge in [0.15, 0.2) is 11.5 Å². The Bertz CT molecular complexity index is 412. The maximum absolute atomic E-state index is 13.4. The molecule has 1 aromatic carbocycles. The Morgan fingerprint density at radius 3 is 2.38 bits per heavy atom. The molecule has 1 aliphatic heterocycles. The first-order valence-corrected chi connectivity index (χ1v) is 5.10. The predicted molar refractivity (Wildman–Crippen MR) is 55.4 cm³/mol. The minimum atomic E-state index is -3.16. The standard InChI is InChI=1S/C10H10ClF2NO2/c11-7-4-9-8(15-1-2-16-9)3-6(7)10(12,13)5-14/h3-4H,1-2,5,14H2. The molecule has 0 unspecified atom stereocenters. The van der Waals surface area contributed by atoms with Crippen LogP contribution in [0.25, 0.3) is 0 Å². The maximum atomic E-state index is 13.4. The molecule has 0 saturated carbocycles. The van der Waals surface area contributed by atoms with Crippen molar-refractivity contribution < 1.29 is 18.3 Å². The van der Waals surface area contributed by atoms with E-state index in [0.29, 0.717) is 19.0 Å². The van der Waals surface area contributed by atoms with Crippen LogP contribution in [0.3, 0.4) is 0 Å². The Morgan fingerprint density at radius 1 is 1.25 bits per heavy atom. The molecule has 3 nitrogen and oxygen atoms in total. The number of hydrogen-bond acceptors (Lipinski definition) is 3. The second-order valence-electron chi connectivity index (χ2n) is 3.38. The molecule has 0 bridgehead atoms. The molecular formula is C10H10ClF2NO2. The Balaban J connectivity index is 2.47. The van der Waals surface area contributed by atoms with E-state index < -0.39 is 12.5 Å². The van der Waals surface area contributed by atoms with Crippen molar-refractivity contribution in [2.45, 2.75) is 5.92 Å². The van der Waals surface area contributed by atoms with Gasteiger partial charge in [0, 0.05) is 11.6 Å². The quantitative estimate of drug-likeness (QED) is 0.874. The van der Waals surface area contributed by atoms with E-state index in [1.807, 2.05) is 0 Å². The highest BCUT2D eigenvalue weighted by Crippen LogP contribution is 2.41. The summed E-state index contributed by atoms with van der Waals surface area (Å²) in [7, 11) is 0. The smallest absolute Gasteiger partial charge is 0.286 e. The van der Waals surface area contributed by atoms with Gasteiger partial charge in [-0.05, 0) is 6.07 Å². The van der Waals surface area contributed by atoms with Gasteiger partial charge in [0.2, 0.25) is 0 Å². The lowest BCUT2D eigenvalue weighted by Crippen LogP contribution is -2.26. The fraction of sp³-hybridized carbons (Fsp3) is 0.400. The average Bonchev–Trinajstić information content (AvgIpc) is 2.28. The van der Waals surface area contributed by atoms with E-state index in [1.54, 1.807) is 0 Å². The van der Waals surface area contributed by atoms with Crippen LogP contribution in [0, 0.1) is 0 Å². The van der Waals surface area contributed by atoms with Crippen LogP contribution in [-0.2, 0) is 5.92 Å². The van der Waals surface area contributed by atoms with Gasteiger partial charge in [-0.15, -0.1) is 0 Å². The molecule has 0 amide bonds. The monoisotopic (exact) mass is 249 g/mol. The second-order valence-corrected chi connectivity index (χ2v) is 3.79. The summed E-state index contributed by atoms with van der Waals surface area (Å²) in [6.07, 6.45) is 0. The van der Waals surface area contributed by atoms with E-state index >= 15 is 0 Å². The zero-order valence-corrected chi connectivity index (χ0v) is 9.06. The zero-order chi connectivity index (χ0) is 11.8. The van der Waals surface area contributed by atoms with Gasteiger partial charge in [0.1, 0.15) is 13.2 Å². The van der Waals surface area contributed by atoms with E-state index in [9.17, 15) is 8.78 Å². The summed E-state index contributed by atoms with van der Waals surface area (Å²) in [5.41, 5.74) is 4.67. The lowest BCUT2D eigenvalue weighted by Gasteiger charge is -2.22. The molecule has 0 radical (unpaired) electrons. The zero-order valence-electron chi connectivity index (χ0n) is 8.30. The van der Waals surface area contributed by atoms with Crippen molar-refractivity contribution in [2.24, 2.45) is 5.73 Å². The molecule has 0 aliphatic carbocycles. The first-order chi connectivity index (χ1) is 7.54. The van der Waals surface area contributed by atoms with Gasteiger partial charge >= 0.3 is 0 Å². The number of alkyl halides is 2. The highest BCUT2D eigenvalue weighted by atomic mass is 35.5. The minimum absolute atomic E-state index is 0.0697. The van der Waals surface area contributed by atoms with Gasteiger partial charge in [0.25, 0.3) is 5.92 Å². The van der Waals surface area contributed by atoms with Crippen molar-refractivity contribution >= 4 is 11.6 Å². The molecule has 1 heterocycles. The Morgan fingerprint density at radius 2 is 1.81 bits per heavy atom. The van der Waals surface area contributed by atoms with Crippen LogP contribution in [0.4, 0.5) is 8.78 Å². The number of benzene rings is 1. The van der Waals surface area contributed by atoms with Crippen molar-refractivity contribution in [2.75, 3.05) is 19.8 Å². The fourth-order valence-corrected chi connectivity index (χ4v) is 1.75.